The van der Waals surface area contributed by atoms with Gasteiger partial charge in [-0.1, -0.05) is 23.2 Å². The first-order valence-corrected chi connectivity index (χ1v) is 9.81. The van der Waals surface area contributed by atoms with Crippen molar-refractivity contribution in [1.82, 2.24) is 0 Å². The molecule has 0 unspecified atom stereocenters. The van der Waals surface area contributed by atoms with E-state index in [-0.39, 0.29) is 38.4 Å². The molecule has 2 rings (SSSR count). The molecule has 0 radical (unpaired) electrons. The molecule has 0 aliphatic heterocycles. The average molecular weight is 432 g/mol. The summed E-state index contributed by atoms with van der Waals surface area (Å²) in [5.74, 6) is -1.32. The number of carbonyl (C=O) groups excluding carboxylic acids is 2. The van der Waals surface area contributed by atoms with Crippen molar-refractivity contribution in [3.63, 3.8) is 0 Å². The summed E-state index contributed by atoms with van der Waals surface area (Å²) in [6.07, 6.45) is 0. The number of hydrogen-bond donors (Lipinski definition) is 1. The van der Waals surface area contributed by atoms with Crippen LogP contribution in [-0.2, 0) is 19.5 Å². The molecule has 144 valence electrons. The number of sulfonamides is 1. The van der Waals surface area contributed by atoms with Crippen LogP contribution < -0.4 is 4.72 Å². The molecule has 10 heteroatoms. The lowest BCUT2D eigenvalue weighted by Gasteiger charge is -2.12. The Morgan fingerprint density at radius 3 is 2.33 bits per heavy atom. The topological polar surface area (TPSA) is 98.8 Å². The van der Waals surface area contributed by atoms with Crippen LogP contribution in [0.25, 0.3) is 0 Å². The van der Waals surface area contributed by atoms with E-state index in [1.807, 2.05) is 0 Å². The van der Waals surface area contributed by atoms with E-state index >= 15 is 0 Å². The predicted molar refractivity (Wildman–Crippen MR) is 101 cm³/mol. The third-order valence-electron chi connectivity index (χ3n) is 3.36. The van der Waals surface area contributed by atoms with Crippen molar-refractivity contribution in [2.45, 2.75) is 11.8 Å². The third-order valence-corrected chi connectivity index (χ3v) is 5.53. The minimum absolute atomic E-state index is 0.0167. The van der Waals surface area contributed by atoms with E-state index in [0.717, 1.165) is 6.07 Å². The molecule has 0 aliphatic rings. The summed E-state index contributed by atoms with van der Waals surface area (Å²) in [5.41, 5.74) is 0.234. The zero-order chi connectivity index (χ0) is 20.2. The molecule has 7 nitrogen and oxygen atoms in total. The normalized spacial score (nSPS) is 11.0. The van der Waals surface area contributed by atoms with E-state index < -0.39 is 22.0 Å². The molecule has 0 saturated heterocycles. The van der Waals surface area contributed by atoms with Crippen LogP contribution in [0, 0.1) is 0 Å². The largest absolute Gasteiger partial charge is 0.465 e. The summed E-state index contributed by atoms with van der Waals surface area (Å²) in [4.78, 5) is 23.1. The second kappa shape index (κ2) is 8.60. The van der Waals surface area contributed by atoms with Gasteiger partial charge in [0, 0.05) is 0 Å². The fourth-order valence-corrected chi connectivity index (χ4v) is 3.95. The Bertz CT molecular complexity index is 991. The highest BCUT2D eigenvalue weighted by Crippen LogP contribution is 2.27. The lowest BCUT2D eigenvalue weighted by atomic mass is 10.2. The summed E-state index contributed by atoms with van der Waals surface area (Å²) < 4.78 is 37.0. The Labute approximate surface area is 166 Å². The first-order valence-electron chi connectivity index (χ1n) is 7.57. The Morgan fingerprint density at radius 1 is 1.04 bits per heavy atom. The van der Waals surface area contributed by atoms with Crippen molar-refractivity contribution < 1.29 is 27.5 Å². The standard InChI is InChI=1S/C17H15Cl2NO6S/c1-3-26-17(22)12-6-5-11(9-14(12)19)20-27(23,24)15-8-10(16(21)25-2)4-7-13(15)18/h4-9,20H,3H2,1-2H3. The van der Waals surface area contributed by atoms with Crippen molar-refractivity contribution in [3.05, 3.63) is 57.6 Å². The van der Waals surface area contributed by atoms with E-state index in [2.05, 4.69) is 9.46 Å². The van der Waals surface area contributed by atoms with Gasteiger partial charge in [-0.15, -0.1) is 0 Å². The van der Waals surface area contributed by atoms with Crippen LogP contribution in [0.3, 0.4) is 0 Å². The highest BCUT2D eigenvalue weighted by Gasteiger charge is 2.21. The second-order valence-corrected chi connectivity index (χ2v) is 7.62. The third kappa shape index (κ3) is 4.91. The molecule has 0 fully saturated rings. The molecular weight excluding hydrogens is 417 g/mol. The zero-order valence-electron chi connectivity index (χ0n) is 14.3. The van der Waals surface area contributed by atoms with E-state index in [1.54, 1.807) is 6.92 Å². The maximum absolute atomic E-state index is 12.6. The molecule has 0 saturated carbocycles. The van der Waals surface area contributed by atoms with Crippen molar-refractivity contribution in [2.75, 3.05) is 18.4 Å². The predicted octanol–water partition coefficient (Wildman–Crippen LogP) is 3.76. The van der Waals surface area contributed by atoms with Gasteiger partial charge in [0.2, 0.25) is 0 Å². The Morgan fingerprint density at radius 2 is 1.74 bits per heavy atom. The molecule has 0 heterocycles. The van der Waals surface area contributed by atoms with Crippen LogP contribution >= 0.6 is 23.2 Å². The molecule has 0 aromatic heterocycles. The summed E-state index contributed by atoms with van der Waals surface area (Å²) in [7, 11) is -2.96. The zero-order valence-corrected chi connectivity index (χ0v) is 16.6. The number of ether oxygens (including phenoxy) is 2. The Kier molecular flexibility index (Phi) is 6.69. The molecule has 0 atom stereocenters. The van der Waals surface area contributed by atoms with Gasteiger partial charge in [-0.2, -0.15) is 0 Å². The van der Waals surface area contributed by atoms with Crippen molar-refractivity contribution in [2.24, 2.45) is 0 Å². The number of anilines is 1. The maximum Gasteiger partial charge on any atom is 0.339 e. The number of hydrogen-bond acceptors (Lipinski definition) is 6. The average Bonchev–Trinajstić information content (AvgIpc) is 2.61. The van der Waals surface area contributed by atoms with Gasteiger partial charge in [-0.05, 0) is 43.3 Å². The van der Waals surface area contributed by atoms with Crippen LogP contribution in [0.4, 0.5) is 5.69 Å². The first-order chi connectivity index (χ1) is 12.7. The molecular formula is C17H15Cl2NO6S. The monoisotopic (exact) mass is 431 g/mol. The summed E-state index contributed by atoms with van der Waals surface area (Å²) >= 11 is 12.0. The van der Waals surface area contributed by atoms with Crippen LogP contribution in [0.2, 0.25) is 10.0 Å². The van der Waals surface area contributed by atoms with Gasteiger partial charge in [-0.25, -0.2) is 18.0 Å². The van der Waals surface area contributed by atoms with E-state index in [1.165, 1.54) is 37.4 Å². The lowest BCUT2D eigenvalue weighted by Crippen LogP contribution is -2.15. The fraction of sp³-hybridized carbons (Fsp3) is 0.176. The number of carbonyl (C=O) groups is 2. The maximum atomic E-state index is 12.6. The lowest BCUT2D eigenvalue weighted by molar-refractivity contribution is 0.0525. The quantitative estimate of drug-likeness (QED) is 0.698. The molecule has 27 heavy (non-hydrogen) atoms. The molecule has 0 bridgehead atoms. The minimum atomic E-state index is -4.13. The number of methoxy groups -OCH3 is 1. The molecule has 0 aliphatic carbocycles. The number of benzene rings is 2. The van der Waals surface area contributed by atoms with E-state index in [4.69, 9.17) is 27.9 Å². The summed E-state index contributed by atoms with van der Waals surface area (Å²) in [5, 5.41) is -0.0625. The molecule has 2 aromatic rings. The minimum Gasteiger partial charge on any atom is -0.465 e. The highest BCUT2D eigenvalue weighted by atomic mass is 35.5. The Hall–Kier alpha value is -2.29. The molecule has 0 spiro atoms. The number of esters is 2. The fourth-order valence-electron chi connectivity index (χ4n) is 2.12. The number of rotatable bonds is 6. The highest BCUT2D eigenvalue weighted by molar-refractivity contribution is 7.92. The SMILES string of the molecule is CCOC(=O)c1ccc(NS(=O)(=O)c2cc(C(=O)OC)ccc2Cl)cc1Cl. The Balaban J connectivity index is 2.35. The van der Waals surface area contributed by atoms with Crippen molar-refractivity contribution in [3.8, 4) is 0 Å². The molecule has 0 amide bonds. The van der Waals surface area contributed by atoms with E-state index in [0.29, 0.717) is 0 Å². The van der Waals surface area contributed by atoms with Crippen LogP contribution in [0.5, 0.6) is 0 Å². The first kappa shape index (κ1) is 21.0. The van der Waals surface area contributed by atoms with Gasteiger partial charge >= 0.3 is 11.9 Å². The van der Waals surface area contributed by atoms with Gasteiger partial charge < -0.3 is 9.47 Å². The van der Waals surface area contributed by atoms with Gasteiger partial charge in [0.1, 0.15) is 4.90 Å². The van der Waals surface area contributed by atoms with Gasteiger partial charge in [0.05, 0.1) is 40.6 Å². The van der Waals surface area contributed by atoms with Crippen LogP contribution in [0.15, 0.2) is 41.3 Å². The van der Waals surface area contributed by atoms with Gasteiger partial charge in [-0.3, -0.25) is 4.72 Å². The summed E-state index contributed by atoms with van der Waals surface area (Å²) in [6.45, 7) is 1.83. The summed E-state index contributed by atoms with van der Waals surface area (Å²) in [6, 6.07) is 7.68. The van der Waals surface area contributed by atoms with Crippen molar-refractivity contribution >= 4 is 50.9 Å². The number of nitrogens with one attached hydrogen (secondary N) is 1. The van der Waals surface area contributed by atoms with Gasteiger partial charge in [0.25, 0.3) is 10.0 Å². The van der Waals surface area contributed by atoms with Crippen molar-refractivity contribution in [1.29, 1.82) is 0 Å². The molecule has 2 aromatic carbocycles. The van der Waals surface area contributed by atoms with Crippen LogP contribution in [-0.4, -0.2) is 34.1 Å². The second-order valence-electron chi connectivity index (χ2n) is 5.16. The van der Waals surface area contributed by atoms with Crippen LogP contribution in [0.1, 0.15) is 27.6 Å². The smallest absolute Gasteiger partial charge is 0.339 e. The molecule has 1 N–H and O–H groups in total. The van der Waals surface area contributed by atoms with Gasteiger partial charge in [0.15, 0.2) is 0 Å². The number of halogens is 2. The van der Waals surface area contributed by atoms with E-state index in [9.17, 15) is 18.0 Å².